The van der Waals surface area contributed by atoms with Crippen LogP contribution >= 0.6 is 34.4 Å². The van der Waals surface area contributed by atoms with Crippen molar-refractivity contribution in [2.45, 2.75) is 23.7 Å². The fraction of sp³-hybridized carbons (Fsp3) is 0.200. The van der Waals surface area contributed by atoms with Gasteiger partial charge in [0.05, 0.1) is 16.5 Å². The lowest BCUT2D eigenvalue weighted by Gasteiger charge is -2.23. The maximum atomic E-state index is 13.1. The molecule has 0 bridgehead atoms. The third-order valence-electron chi connectivity index (χ3n) is 4.34. The first kappa shape index (κ1) is 19.8. The van der Waals surface area contributed by atoms with E-state index in [9.17, 15) is 14.7 Å². The van der Waals surface area contributed by atoms with E-state index in [1.54, 1.807) is 29.3 Å². The number of carbonyl (C=O) groups excluding carboxylic acids is 2. The normalized spacial score (nSPS) is 16.7. The van der Waals surface area contributed by atoms with Crippen LogP contribution in [0.25, 0.3) is 0 Å². The van der Waals surface area contributed by atoms with Crippen LogP contribution in [0.1, 0.15) is 34.6 Å². The molecular weight excluding hydrogens is 426 g/mol. The Morgan fingerprint density at radius 3 is 2.69 bits per heavy atom. The zero-order valence-electron chi connectivity index (χ0n) is 15.4. The topological polar surface area (TPSA) is 83.4 Å². The Bertz CT molecular complexity index is 1060. The van der Waals surface area contributed by atoms with Crippen LogP contribution in [0.4, 0.5) is 5.13 Å². The first-order valence-electron chi connectivity index (χ1n) is 8.98. The Morgan fingerprint density at radius 2 is 2.00 bits per heavy atom. The van der Waals surface area contributed by atoms with Gasteiger partial charge in [-0.2, -0.15) is 0 Å². The molecule has 1 amide bonds. The number of nitrogens with zero attached hydrogens (tertiary/aromatic N) is 3. The van der Waals surface area contributed by atoms with E-state index in [0.717, 1.165) is 22.1 Å². The number of carbonyl (C=O) groups is 2. The first-order valence-corrected chi connectivity index (χ1v) is 11.7. The summed E-state index contributed by atoms with van der Waals surface area (Å²) in [6, 6.07) is 11.9. The van der Waals surface area contributed by atoms with Gasteiger partial charge in [-0.15, -0.1) is 21.5 Å². The van der Waals surface area contributed by atoms with Crippen molar-refractivity contribution in [2.75, 3.05) is 10.7 Å². The number of amides is 1. The minimum atomic E-state index is -0.754. The molecule has 1 aliphatic heterocycles. The van der Waals surface area contributed by atoms with Crippen molar-refractivity contribution in [1.82, 2.24) is 10.2 Å². The lowest BCUT2D eigenvalue weighted by Crippen LogP contribution is -2.30. The zero-order valence-corrected chi connectivity index (χ0v) is 17.9. The summed E-state index contributed by atoms with van der Waals surface area (Å²) < 4.78 is 0.749. The van der Waals surface area contributed by atoms with E-state index < -0.39 is 17.7 Å². The highest BCUT2D eigenvalue weighted by molar-refractivity contribution is 8.01. The zero-order chi connectivity index (χ0) is 20.4. The van der Waals surface area contributed by atoms with Crippen LogP contribution in [0.5, 0.6) is 0 Å². The van der Waals surface area contributed by atoms with Crippen LogP contribution < -0.4 is 4.90 Å². The van der Waals surface area contributed by atoms with Gasteiger partial charge in [-0.25, -0.2) is 0 Å². The Labute approximate surface area is 179 Å². The summed E-state index contributed by atoms with van der Waals surface area (Å²) in [5, 5.41) is 21.2. The SMILES string of the molecule is CCCSc1nnc(N2C(=O)C(O)=C(C(=O)c3cccs3)[C@@H]2c2ccccc2)s1. The molecule has 9 heteroatoms. The van der Waals surface area contributed by atoms with Crippen molar-refractivity contribution in [3.05, 3.63) is 69.6 Å². The van der Waals surface area contributed by atoms with Crippen LogP contribution in [-0.4, -0.2) is 32.7 Å². The van der Waals surface area contributed by atoms with Gasteiger partial charge in [0.1, 0.15) is 0 Å². The molecule has 0 aliphatic carbocycles. The highest BCUT2D eigenvalue weighted by atomic mass is 32.2. The molecule has 3 aromatic rings. The van der Waals surface area contributed by atoms with Gasteiger partial charge in [-0.05, 0) is 23.4 Å². The first-order chi connectivity index (χ1) is 14.1. The van der Waals surface area contributed by atoms with Crippen LogP contribution in [0, 0.1) is 0 Å². The van der Waals surface area contributed by atoms with E-state index in [1.807, 2.05) is 30.3 Å². The summed E-state index contributed by atoms with van der Waals surface area (Å²) in [7, 11) is 0. The molecule has 29 heavy (non-hydrogen) atoms. The minimum absolute atomic E-state index is 0.0709. The van der Waals surface area contributed by atoms with Gasteiger partial charge in [-0.1, -0.05) is 66.4 Å². The highest BCUT2D eigenvalue weighted by Crippen LogP contribution is 2.43. The average molecular weight is 444 g/mol. The van der Waals surface area contributed by atoms with E-state index in [2.05, 4.69) is 17.1 Å². The molecule has 2 aromatic heterocycles. The lowest BCUT2D eigenvalue weighted by atomic mass is 9.96. The Morgan fingerprint density at radius 1 is 1.21 bits per heavy atom. The van der Waals surface area contributed by atoms with Crippen LogP contribution in [0.2, 0.25) is 0 Å². The van der Waals surface area contributed by atoms with Crippen molar-refractivity contribution < 1.29 is 14.7 Å². The molecule has 1 atom stereocenters. The van der Waals surface area contributed by atoms with Gasteiger partial charge in [0.15, 0.2) is 10.1 Å². The second-order valence-electron chi connectivity index (χ2n) is 6.26. The number of Topliss-reactive ketones (excluding diaryl/α,β-unsaturated/α-hetero) is 1. The molecule has 0 fully saturated rings. The Balaban J connectivity index is 1.78. The molecular formula is C20H17N3O3S3. The number of aliphatic hydroxyl groups excluding tert-OH is 1. The van der Waals surface area contributed by atoms with E-state index >= 15 is 0 Å². The summed E-state index contributed by atoms with van der Waals surface area (Å²) in [6.07, 6.45) is 0.997. The molecule has 1 N–H and O–H groups in total. The van der Waals surface area contributed by atoms with Crippen molar-refractivity contribution in [3.63, 3.8) is 0 Å². The molecule has 0 radical (unpaired) electrons. The fourth-order valence-electron chi connectivity index (χ4n) is 3.07. The summed E-state index contributed by atoms with van der Waals surface area (Å²) in [5.74, 6) is -0.625. The number of aliphatic hydroxyl groups is 1. The van der Waals surface area contributed by atoms with Gasteiger partial charge in [-0.3, -0.25) is 14.5 Å². The van der Waals surface area contributed by atoms with Gasteiger partial charge in [0.2, 0.25) is 10.9 Å². The number of hydrogen-bond acceptors (Lipinski definition) is 8. The van der Waals surface area contributed by atoms with Crippen LogP contribution in [-0.2, 0) is 4.79 Å². The Hall–Kier alpha value is -2.49. The van der Waals surface area contributed by atoms with Gasteiger partial charge in [0.25, 0.3) is 5.91 Å². The molecule has 0 saturated heterocycles. The maximum Gasteiger partial charge on any atom is 0.296 e. The number of anilines is 1. The van der Waals surface area contributed by atoms with E-state index in [4.69, 9.17) is 0 Å². The number of benzene rings is 1. The summed E-state index contributed by atoms with van der Waals surface area (Å²) in [6.45, 7) is 2.08. The standard InChI is InChI=1S/C20H17N3O3S3/c1-2-10-28-20-22-21-19(29-20)23-15(12-7-4-3-5-8-12)14(17(25)18(23)26)16(24)13-9-6-11-27-13/h3-9,11,15,25H,2,10H2,1H3/t15-/m0/s1. The van der Waals surface area contributed by atoms with E-state index in [1.165, 1.54) is 27.6 Å². The molecule has 3 heterocycles. The molecule has 6 nitrogen and oxygen atoms in total. The predicted octanol–water partition coefficient (Wildman–Crippen LogP) is 4.88. The number of aromatic nitrogens is 2. The van der Waals surface area contributed by atoms with E-state index in [-0.39, 0.29) is 11.4 Å². The number of thiophene rings is 1. The molecule has 0 spiro atoms. The van der Waals surface area contributed by atoms with Gasteiger partial charge >= 0.3 is 0 Å². The smallest absolute Gasteiger partial charge is 0.296 e. The third-order valence-corrected chi connectivity index (χ3v) is 7.47. The molecule has 0 unspecified atom stereocenters. The highest BCUT2D eigenvalue weighted by Gasteiger charge is 2.46. The Kier molecular flexibility index (Phi) is 5.79. The quantitative estimate of drug-likeness (QED) is 0.318. The van der Waals surface area contributed by atoms with Crippen molar-refractivity contribution in [1.29, 1.82) is 0 Å². The fourth-order valence-corrected chi connectivity index (χ4v) is 5.54. The van der Waals surface area contributed by atoms with E-state index in [0.29, 0.717) is 10.0 Å². The molecule has 0 saturated carbocycles. The van der Waals surface area contributed by atoms with Crippen molar-refractivity contribution in [2.24, 2.45) is 0 Å². The van der Waals surface area contributed by atoms with Gasteiger partial charge in [0, 0.05) is 5.75 Å². The number of hydrogen-bond donors (Lipinski definition) is 1. The molecule has 4 rings (SSSR count). The summed E-state index contributed by atoms with van der Waals surface area (Å²) >= 11 is 4.13. The average Bonchev–Trinajstić information content (AvgIpc) is 3.48. The molecule has 148 valence electrons. The van der Waals surface area contributed by atoms with Gasteiger partial charge < -0.3 is 5.11 Å². The molecule has 1 aromatic carbocycles. The monoisotopic (exact) mass is 443 g/mol. The molecule has 1 aliphatic rings. The van der Waals surface area contributed by atoms with Crippen molar-refractivity contribution in [3.8, 4) is 0 Å². The summed E-state index contributed by atoms with van der Waals surface area (Å²) in [5.41, 5.74) is 0.796. The largest absolute Gasteiger partial charge is 0.503 e. The van der Waals surface area contributed by atoms with Crippen LogP contribution in [0.3, 0.4) is 0 Å². The number of ketones is 1. The van der Waals surface area contributed by atoms with Crippen LogP contribution in [0.15, 0.2) is 63.5 Å². The lowest BCUT2D eigenvalue weighted by molar-refractivity contribution is -0.117. The minimum Gasteiger partial charge on any atom is -0.503 e. The number of rotatable bonds is 7. The second-order valence-corrected chi connectivity index (χ2v) is 9.50. The number of thioether (sulfide) groups is 1. The second kappa shape index (κ2) is 8.48. The van der Waals surface area contributed by atoms with Crippen molar-refractivity contribution >= 4 is 51.3 Å². The third kappa shape index (κ3) is 3.73. The maximum absolute atomic E-state index is 13.1. The summed E-state index contributed by atoms with van der Waals surface area (Å²) in [4.78, 5) is 28.0. The predicted molar refractivity (Wildman–Crippen MR) is 116 cm³/mol.